The van der Waals surface area contributed by atoms with E-state index in [1.165, 1.54) is 4.57 Å². The Morgan fingerprint density at radius 1 is 1.20 bits per heavy atom. The van der Waals surface area contributed by atoms with Crippen LogP contribution in [0.5, 0.6) is 0 Å². The van der Waals surface area contributed by atoms with Crippen molar-refractivity contribution in [3.63, 3.8) is 0 Å². The maximum absolute atomic E-state index is 13.0. The molecule has 0 saturated carbocycles. The van der Waals surface area contributed by atoms with Crippen molar-refractivity contribution in [2.24, 2.45) is 0 Å². The maximum atomic E-state index is 13.0. The molecule has 30 heavy (non-hydrogen) atoms. The molecule has 0 bridgehead atoms. The van der Waals surface area contributed by atoms with Crippen LogP contribution in [-0.2, 0) is 14.3 Å². The molecule has 3 rings (SSSR count). The monoisotopic (exact) mass is 426 g/mol. The highest BCUT2D eigenvalue weighted by atomic mass is 19.3. The number of hydrogen-bond donors (Lipinski definition) is 1. The van der Waals surface area contributed by atoms with Gasteiger partial charge in [-0.05, 0) is 45.7 Å². The summed E-state index contributed by atoms with van der Waals surface area (Å²) in [5.74, 6) is -0.0144. The summed E-state index contributed by atoms with van der Waals surface area (Å²) in [6.07, 6.45) is 1.48. The third-order valence-electron chi connectivity index (χ3n) is 4.12. The number of methoxy groups -OCH3 is 1. The fourth-order valence-corrected chi connectivity index (χ4v) is 2.49. The Bertz CT molecular complexity index is 800. The van der Waals surface area contributed by atoms with Crippen LogP contribution >= 0.6 is 0 Å². The summed E-state index contributed by atoms with van der Waals surface area (Å²) < 4.78 is 32.3. The van der Waals surface area contributed by atoms with Crippen molar-refractivity contribution in [2.75, 3.05) is 25.1 Å². The fraction of sp³-hybridized carbons (Fsp3) is 0.500. The van der Waals surface area contributed by atoms with Crippen LogP contribution in [0.25, 0.3) is 11.4 Å². The highest BCUT2D eigenvalue weighted by molar-refractivity contribution is 5.68. The Labute approximate surface area is 174 Å². The van der Waals surface area contributed by atoms with Crippen molar-refractivity contribution in [1.29, 1.82) is 0 Å². The summed E-state index contributed by atoms with van der Waals surface area (Å²) in [6.45, 7) is 7.41. The van der Waals surface area contributed by atoms with Crippen LogP contribution in [0.1, 0.15) is 45.9 Å². The van der Waals surface area contributed by atoms with Gasteiger partial charge < -0.3 is 14.7 Å². The van der Waals surface area contributed by atoms with E-state index >= 15 is 0 Å². The topological polar surface area (TPSA) is 97.5 Å². The molecule has 2 aromatic heterocycles. The maximum Gasteiger partial charge on any atom is 0.297 e. The van der Waals surface area contributed by atoms with E-state index in [1.54, 1.807) is 31.5 Å². The zero-order valence-electron chi connectivity index (χ0n) is 17.6. The summed E-state index contributed by atoms with van der Waals surface area (Å²) in [5, 5.41) is 6.89. The van der Waals surface area contributed by atoms with E-state index in [-0.39, 0.29) is 12.1 Å². The van der Waals surface area contributed by atoms with Crippen molar-refractivity contribution in [1.82, 2.24) is 14.5 Å². The van der Waals surface area contributed by atoms with Gasteiger partial charge >= 0.3 is 0 Å². The zero-order chi connectivity index (χ0) is 22.7. The van der Waals surface area contributed by atoms with Gasteiger partial charge in [-0.25, -0.2) is 18.7 Å². The molecule has 1 aliphatic rings. The van der Waals surface area contributed by atoms with Crippen LogP contribution < -0.4 is 4.90 Å². The Morgan fingerprint density at radius 3 is 2.23 bits per heavy atom. The third kappa shape index (κ3) is 7.86. The van der Waals surface area contributed by atoms with Crippen molar-refractivity contribution in [2.45, 2.75) is 45.6 Å². The van der Waals surface area contributed by atoms with E-state index in [0.717, 1.165) is 25.9 Å². The van der Waals surface area contributed by atoms with Gasteiger partial charge in [-0.1, -0.05) is 0 Å². The number of rotatable bonds is 4. The average molecular weight is 426 g/mol. The minimum atomic E-state index is -2.74. The molecular formula is C20H28F2N4O4. The van der Waals surface area contributed by atoms with Crippen LogP contribution in [0, 0.1) is 0 Å². The summed E-state index contributed by atoms with van der Waals surface area (Å²) in [6, 6.07) is 5.00. The van der Waals surface area contributed by atoms with Gasteiger partial charge in [0.1, 0.15) is 5.82 Å². The number of halogens is 2. The highest BCUT2D eigenvalue weighted by Crippen LogP contribution is 2.27. The molecule has 10 heteroatoms. The molecule has 3 heterocycles. The predicted molar refractivity (Wildman–Crippen MR) is 109 cm³/mol. The molecule has 1 aliphatic heterocycles. The smallest absolute Gasteiger partial charge is 0.297 e. The molecule has 0 amide bonds. The normalized spacial score (nSPS) is 13.2. The average Bonchev–Trinajstić information content (AvgIpc) is 3.40. The lowest BCUT2D eigenvalue weighted by Gasteiger charge is -2.18. The van der Waals surface area contributed by atoms with Gasteiger partial charge in [-0.3, -0.25) is 14.2 Å². The van der Waals surface area contributed by atoms with Crippen LogP contribution in [-0.4, -0.2) is 58.3 Å². The van der Waals surface area contributed by atoms with Crippen molar-refractivity contribution in [3.05, 3.63) is 30.2 Å². The fourth-order valence-electron chi connectivity index (χ4n) is 2.49. The van der Waals surface area contributed by atoms with E-state index in [1.807, 2.05) is 25.7 Å². The Hall–Kier alpha value is -2.88. The summed E-state index contributed by atoms with van der Waals surface area (Å²) in [5.41, 5.74) is 0.856. The molecule has 0 spiro atoms. The number of hydrogen-bond acceptors (Lipinski definition) is 6. The largest absolute Gasteiger partial charge is 0.483 e. The first kappa shape index (κ1) is 25.2. The lowest BCUT2D eigenvalue weighted by molar-refractivity contribution is -0.122. The zero-order valence-corrected chi connectivity index (χ0v) is 17.6. The molecule has 166 valence electrons. The molecule has 8 nitrogen and oxygen atoms in total. The van der Waals surface area contributed by atoms with Gasteiger partial charge in [0, 0.05) is 32.5 Å². The van der Waals surface area contributed by atoms with E-state index in [0.29, 0.717) is 23.6 Å². The molecule has 1 N–H and O–H groups in total. The molecule has 0 aliphatic carbocycles. The second-order valence-corrected chi connectivity index (χ2v) is 7.29. The predicted octanol–water partition coefficient (Wildman–Crippen LogP) is 3.65. The Kier molecular flexibility index (Phi) is 10.0. The molecule has 0 aromatic carbocycles. The van der Waals surface area contributed by atoms with Crippen LogP contribution in [0.2, 0.25) is 0 Å². The summed E-state index contributed by atoms with van der Waals surface area (Å²) in [7, 11) is 1.71. The van der Waals surface area contributed by atoms with Crippen molar-refractivity contribution in [3.8, 4) is 11.4 Å². The van der Waals surface area contributed by atoms with Crippen molar-refractivity contribution < 1.29 is 28.2 Å². The number of carbonyl (C=O) groups is 2. The van der Waals surface area contributed by atoms with Crippen LogP contribution in [0.4, 0.5) is 14.6 Å². The molecule has 1 fully saturated rings. The number of alkyl halides is 2. The molecule has 0 radical (unpaired) electrons. The van der Waals surface area contributed by atoms with Gasteiger partial charge in [0.25, 0.3) is 12.9 Å². The van der Waals surface area contributed by atoms with Gasteiger partial charge in [0.05, 0.1) is 17.0 Å². The number of ether oxygens (including phenoxy) is 1. The number of carboxylic acid groups (broad SMARTS) is 1. The summed E-state index contributed by atoms with van der Waals surface area (Å²) in [4.78, 5) is 29.1. The first-order valence-corrected chi connectivity index (χ1v) is 9.34. The Morgan fingerprint density at radius 2 is 1.77 bits per heavy atom. The second-order valence-electron chi connectivity index (χ2n) is 7.29. The van der Waals surface area contributed by atoms with Crippen LogP contribution in [0.15, 0.2) is 24.4 Å². The molecule has 2 aromatic rings. The van der Waals surface area contributed by atoms with Crippen molar-refractivity contribution >= 4 is 18.7 Å². The lowest BCUT2D eigenvalue weighted by Crippen LogP contribution is -2.20. The standard InChI is InChI=1S/C14H14F2N4O.C5H12O.CH2O2/c15-13(16)14-17-10(11-4-3-7-20(11)9-21)8-12(18-14)19-5-1-2-6-19;1-5(2,3)6-4;2-1-3/h3-4,7-9,13H,1-2,5-6H2;1-4H3;1H,(H,2,3). The SMILES string of the molecule is COC(C)(C)C.O=CO.O=Cn1cccc1-c1cc(N2CCCC2)nc(C(F)F)n1. The van der Waals surface area contributed by atoms with E-state index in [4.69, 9.17) is 14.6 Å². The van der Waals surface area contributed by atoms with E-state index in [2.05, 4.69) is 9.97 Å². The number of nitrogens with zero attached hydrogens (tertiary/aromatic N) is 4. The lowest BCUT2D eigenvalue weighted by atomic mass is 10.2. The quantitative estimate of drug-likeness (QED) is 0.745. The van der Waals surface area contributed by atoms with Gasteiger partial charge in [0.15, 0.2) is 5.82 Å². The van der Waals surface area contributed by atoms with E-state index in [9.17, 15) is 13.6 Å². The molecule has 1 saturated heterocycles. The highest BCUT2D eigenvalue weighted by Gasteiger charge is 2.20. The number of carbonyl (C=O) groups excluding carboxylic acids is 1. The molecule has 0 unspecified atom stereocenters. The first-order valence-electron chi connectivity index (χ1n) is 9.34. The second kappa shape index (κ2) is 12.0. The minimum absolute atomic E-state index is 0.0417. The van der Waals surface area contributed by atoms with Gasteiger partial charge in [0.2, 0.25) is 6.41 Å². The molecular weight excluding hydrogens is 398 g/mol. The van der Waals surface area contributed by atoms with Crippen LogP contribution in [0.3, 0.4) is 0 Å². The number of aromatic nitrogens is 3. The summed E-state index contributed by atoms with van der Waals surface area (Å²) >= 11 is 0. The Balaban J connectivity index is 0.000000426. The number of anilines is 1. The van der Waals surface area contributed by atoms with Gasteiger partial charge in [-0.2, -0.15) is 0 Å². The molecule has 0 atom stereocenters. The first-order chi connectivity index (χ1) is 14.2. The van der Waals surface area contributed by atoms with Gasteiger partial charge in [-0.15, -0.1) is 0 Å². The minimum Gasteiger partial charge on any atom is -0.483 e. The third-order valence-corrected chi connectivity index (χ3v) is 4.12. The van der Waals surface area contributed by atoms with E-state index < -0.39 is 12.2 Å².